The first kappa shape index (κ1) is 23.4. The lowest BCUT2D eigenvalue weighted by Crippen LogP contribution is -2.48. The number of allylic oxidation sites excluding steroid dienone is 1. The zero-order valence-electron chi connectivity index (χ0n) is 19.7. The topological polar surface area (TPSA) is 89.7 Å². The van der Waals surface area contributed by atoms with Gasteiger partial charge in [-0.3, -0.25) is 4.90 Å². The minimum absolute atomic E-state index is 0.00164. The highest BCUT2D eigenvalue weighted by atomic mass is 35.5. The minimum atomic E-state index is -0.490. The fourth-order valence-electron chi connectivity index (χ4n) is 4.52. The van der Waals surface area contributed by atoms with E-state index in [1.54, 1.807) is 11.0 Å². The second kappa shape index (κ2) is 10.1. The summed E-state index contributed by atoms with van der Waals surface area (Å²) in [6, 6.07) is 14.2. The van der Waals surface area contributed by atoms with Gasteiger partial charge in [0.2, 0.25) is 5.82 Å². The first-order chi connectivity index (χ1) is 17.0. The predicted molar refractivity (Wildman–Crippen MR) is 132 cm³/mol. The molecule has 2 unspecified atom stereocenters. The normalized spacial score (nSPS) is 20.3. The van der Waals surface area contributed by atoms with E-state index in [0.29, 0.717) is 29.9 Å². The Bertz CT molecular complexity index is 1230. The number of hydrogen-bond donors (Lipinski definition) is 1. The first-order valence-electron chi connectivity index (χ1n) is 11.8. The molecule has 3 aromatic rings. The van der Waals surface area contributed by atoms with Gasteiger partial charge >= 0.3 is 6.03 Å². The number of benzene rings is 2. The lowest BCUT2D eigenvalue weighted by molar-refractivity contribution is 0.0877. The van der Waals surface area contributed by atoms with Crippen molar-refractivity contribution in [2.75, 3.05) is 19.8 Å². The van der Waals surface area contributed by atoms with Crippen molar-refractivity contribution in [3.63, 3.8) is 0 Å². The summed E-state index contributed by atoms with van der Waals surface area (Å²) in [5, 5.41) is 7.91. The van der Waals surface area contributed by atoms with E-state index in [1.807, 2.05) is 56.3 Å². The van der Waals surface area contributed by atoms with Gasteiger partial charge in [0.15, 0.2) is 0 Å². The van der Waals surface area contributed by atoms with Gasteiger partial charge in [-0.2, -0.15) is 4.98 Å². The number of ether oxygens (including phenoxy) is 2. The number of urea groups is 1. The molecule has 5 rings (SSSR count). The summed E-state index contributed by atoms with van der Waals surface area (Å²) >= 11 is 6.27. The van der Waals surface area contributed by atoms with E-state index in [4.69, 9.17) is 30.6 Å². The van der Waals surface area contributed by atoms with Gasteiger partial charge in [-0.1, -0.05) is 28.9 Å². The van der Waals surface area contributed by atoms with Gasteiger partial charge in [0.25, 0.3) is 5.89 Å². The molecular weight excluding hydrogens is 468 g/mol. The maximum atomic E-state index is 13.2. The summed E-state index contributed by atoms with van der Waals surface area (Å²) in [5.41, 5.74) is 3.11. The highest BCUT2D eigenvalue weighted by Gasteiger charge is 2.37. The zero-order chi connectivity index (χ0) is 24.4. The Balaban J connectivity index is 1.53. The van der Waals surface area contributed by atoms with Crippen molar-refractivity contribution in [2.24, 2.45) is 0 Å². The smallest absolute Gasteiger partial charge is 0.322 e. The minimum Gasteiger partial charge on any atom is -0.494 e. The Morgan fingerprint density at radius 3 is 2.77 bits per heavy atom. The number of aromatic nitrogens is 2. The van der Waals surface area contributed by atoms with Gasteiger partial charge in [-0.05, 0) is 68.7 Å². The molecule has 1 aromatic heterocycles. The van der Waals surface area contributed by atoms with E-state index in [-0.39, 0.29) is 12.1 Å². The predicted octanol–water partition coefficient (Wildman–Crippen LogP) is 5.47. The number of rotatable bonds is 7. The molecule has 0 bridgehead atoms. The number of hydrogen-bond acceptors (Lipinski definition) is 6. The van der Waals surface area contributed by atoms with Crippen molar-refractivity contribution >= 4 is 23.2 Å². The number of carbonyl (C=O) groups excluding carboxylic acids is 1. The standard InChI is InChI=1S/C26H27ClN4O4/c1-3-33-20-11-9-17(10-12-20)24-29-25(35-30-24)22-16(2)31(15-21-8-5-13-34-21)26(32)28-23(22)18-6-4-7-19(27)14-18/h4,6-7,9-12,14,21,23H,3,5,8,13,15H2,1-2H3,(H,28,32). The number of amides is 2. The van der Waals surface area contributed by atoms with Gasteiger partial charge in [0.1, 0.15) is 5.75 Å². The number of halogens is 1. The average molecular weight is 495 g/mol. The van der Waals surface area contributed by atoms with E-state index in [2.05, 4.69) is 10.5 Å². The van der Waals surface area contributed by atoms with Crippen molar-refractivity contribution in [1.82, 2.24) is 20.4 Å². The quantitative estimate of drug-likeness (QED) is 0.468. The molecule has 2 aliphatic rings. The summed E-state index contributed by atoms with van der Waals surface area (Å²) < 4.78 is 17.1. The molecule has 1 fully saturated rings. The van der Waals surface area contributed by atoms with Crippen LogP contribution in [0.2, 0.25) is 5.02 Å². The van der Waals surface area contributed by atoms with E-state index in [1.165, 1.54) is 0 Å². The molecular formula is C26H27ClN4O4. The van der Waals surface area contributed by atoms with Crippen LogP contribution in [0.3, 0.4) is 0 Å². The Hall–Kier alpha value is -3.36. The highest BCUT2D eigenvalue weighted by Crippen LogP contribution is 2.38. The number of nitrogens with zero attached hydrogens (tertiary/aromatic N) is 3. The fourth-order valence-corrected chi connectivity index (χ4v) is 4.72. The lowest BCUT2D eigenvalue weighted by Gasteiger charge is -2.36. The first-order valence-corrected chi connectivity index (χ1v) is 12.1. The fraction of sp³-hybridized carbons (Fsp3) is 0.346. The monoisotopic (exact) mass is 494 g/mol. The molecule has 0 spiro atoms. The molecule has 2 atom stereocenters. The van der Waals surface area contributed by atoms with E-state index in [0.717, 1.165) is 47.6 Å². The summed E-state index contributed by atoms with van der Waals surface area (Å²) in [7, 11) is 0. The largest absolute Gasteiger partial charge is 0.494 e. The maximum Gasteiger partial charge on any atom is 0.322 e. The van der Waals surface area contributed by atoms with Crippen LogP contribution in [0.25, 0.3) is 17.0 Å². The second-order valence-electron chi connectivity index (χ2n) is 8.56. The maximum absolute atomic E-state index is 13.2. The summed E-state index contributed by atoms with van der Waals surface area (Å²) in [6.45, 7) is 5.62. The highest BCUT2D eigenvalue weighted by molar-refractivity contribution is 6.30. The number of carbonyl (C=O) groups is 1. The molecule has 2 aromatic carbocycles. The van der Waals surface area contributed by atoms with Crippen LogP contribution in [0.15, 0.2) is 58.8 Å². The molecule has 0 radical (unpaired) electrons. The number of nitrogens with one attached hydrogen (secondary N) is 1. The molecule has 2 aliphatic heterocycles. The Morgan fingerprint density at radius 1 is 1.23 bits per heavy atom. The summed E-state index contributed by atoms with van der Waals surface area (Å²) in [5.74, 6) is 1.57. The van der Waals surface area contributed by atoms with E-state index >= 15 is 0 Å². The third-order valence-corrected chi connectivity index (χ3v) is 6.50. The van der Waals surface area contributed by atoms with E-state index < -0.39 is 6.04 Å². The van der Waals surface area contributed by atoms with Crippen LogP contribution in [0.4, 0.5) is 4.79 Å². The molecule has 1 saturated heterocycles. The molecule has 182 valence electrons. The van der Waals surface area contributed by atoms with E-state index in [9.17, 15) is 4.79 Å². The summed E-state index contributed by atoms with van der Waals surface area (Å²) in [4.78, 5) is 19.6. The van der Waals surface area contributed by atoms with Crippen LogP contribution in [0.1, 0.15) is 44.2 Å². The lowest BCUT2D eigenvalue weighted by atomic mass is 9.94. The van der Waals surface area contributed by atoms with Crippen molar-refractivity contribution < 1.29 is 18.8 Å². The van der Waals surface area contributed by atoms with Crippen LogP contribution >= 0.6 is 11.6 Å². The van der Waals surface area contributed by atoms with Crippen LogP contribution in [0.5, 0.6) is 5.75 Å². The zero-order valence-corrected chi connectivity index (χ0v) is 20.4. The molecule has 3 heterocycles. The van der Waals surface area contributed by atoms with Crippen LogP contribution < -0.4 is 10.1 Å². The van der Waals surface area contributed by atoms with Crippen LogP contribution in [-0.2, 0) is 4.74 Å². The van der Waals surface area contributed by atoms with Gasteiger partial charge < -0.3 is 19.3 Å². The molecule has 0 aliphatic carbocycles. The van der Waals surface area contributed by atoms with Gasteiger partial charge in [-0.15, -0.1) is 0 Å². The molecule has 2 amide bonds. The average Bonchev–Trinajstić information content (AvgIpc) is 3.55. The third-order valence-electron chi connectivity index (χ3n) is 6.27. The third kappa shape index (κ3) is 4.90. The van der Waals surface area contributed by atoms with Crippen LogP contribution in [-0.4, -0.2) is 46.9 Å². The molecule has 35 heavy (non-hydrogen) atoms. The Labute approximate surface area is 208 Å². The SMILES string of the molecule is CCOc1ccc(-c2noc(C3=C(C)N(CC4CCCO4)C(=O)NC3c3cccc(Cl)c3)n2)cc1. The second-order valence-corrected chi connectivity index (χ2v) is 9.00. The molecule has 9 heteroatoms. The molecule has 0 saturated carbocycles. The van der Waals surface area contributed by atoms with Gasteiger partial charge in [0, 0.05) is 22.9 Å². The van der Waals surface area contributed by atoms with Crippen molar-refractivity contribution in [1.29, 1.82) is 0 Å². The summed E-state index contributed by atoms with van der Waals surface area (Å²) in [6.07, 6.45) is 1.92. The molecule has 1 N–H and O–H groups in total. The van der Waals surface area contributed by atoms with Crippen LogP contribution in [0, 0.1) is 0 Å². The van der Waals surface area contributed by atoms with Crippen molar-refractivity contribution in [2.45, 2.75) is 38.8 Å². The van der Waals surface area contributed by atoms with Gasteiger partial charge in [0.05, 0.1) is 30.9 Å². The van der Waals surface area contributed by atoms with Gasteiger partial charge in [-0.25, -0.2) is 4.79 Å². The van der Waals surface area contributed by atoms with Crippen molar-refractivity contribution in [3.8, 4) is 17.1 Å². The Kier molecular flexibility index (Phi) is 6.74. The van der Waals surface area contributed by atoms with Crippen molar-refractivity contribution in [3.05, 3.63) is 70.7 Å². The Morgan fingerprint density at radius 2 is 2.06 bits per heavy atom. The molecule has 8 nitrogen and oxygen atoms in total.